The van der Waals surface area contributed by atoms with E-state index in [4.69, 9.17) is 0 Å². The quantitative estimate of drug-likeness (QED) is 0.788. The number of carbonyl (C=O) groups excluding carboxylic acids is 1. The Morgan fingerprint density at radius 3 is 2.31 bits per heavy atom. The zero-order valence-corrected chi connectivity index (χ0v) is 10.0. The van der Waals surface area contributed by atoms with E-state index in [1.165, 1.54) is 12.1 Å². The van der Waals surface area contributed by atoms with Gasteiger partial charge in [0.2, 0.25) is 0 Å². The summed E-state index contributed by atoms with van der Waals surface area (Å²) < 4.78 is 12.4. The molecule has 0 atom stereocenters. The maximum Gasteiger partial charge on any atom is 0.152 e. The summed E-state index contributed by atoms with van der Waals surface area (Å²) in [6, 6.07) is 5.85. The minimum Gasteiger partial charge on any atom is -0.318 e. The first-order chi connectivity index (χ1) is 7.61. The molecule has 0 spiro atoms. The van der Waals surface area contributed by atoms with Gasteiger partial charge in [-0.3, -0.25) is 4.79 Å². The molecule has 0 aliphatic heterocycles. The number of hydrogen-bond acceptors (Lipinski definition) is 3. The van der Waals surface area contributed by atoms with Crippen molar-refractivity contribution >= 4 is 6.29 Å². The molecule has 90 valence electrons. The third-order valence-electron chi connectivity index (χ3n) is 1.84. The molecule has 1 aromatic carbocycles. The summed E-state index contributed by atoms with van der Waals surface area (Å²) >= 11 is 0. The molecular weight excluding hydrogens is 207 g/mol. The lowest BCUT2D eigenvalue weighted by Crippen LogP contribution is -2.23. The summed E-state index contributed by atoms with van der Waals surface area (Å²) in [4.78, 5) is 12.1. The van der Waals surface area contributed by atoms with E-state index in [1.807, 2.05) is 7.05 Å². The molecule has 3 nitrogen and oxygen atoms in total. The lowest BCUT2D eigenvalue weighted by Gasteiger charge is -2.06. The van der Waals surface area contributed by atoms with E-state index >= 15 is 0 Å². The van der Waals surface area contributed by atoms with Crippen LogP contribution in [0.25, 0.3) is 0 Å². The van der Waals surface area contributed by atoms with Gasteiger partial charge < -0.3 is 10.2 Å². The first kappa shape index (κ1) is 14.7. The molecule has 0 aliphatic rings. The highest BCUT2D eigenvalue weighted by Gasteiger charge is 1.94. The normalized spacial score (nSPS) is 9.56. The van der Waals surface area contributed by atoms with E-state index in [2.05, 4.69) is 24.3 Å². The van der Waals surface area contributed by atoms with Crippen molar-refractivity contribution in [3.63, 3.8) is 0 Å². The monoisotopic (exact) mass is 226 g/mol. The standard InChI is InChI=1S/C7H5FO.C5H14N2/c8-7-4-2-1-3-6(7)5-9;1-6-4-5-7(2)3/h1-5H;6H,4-5H2,1-3H3. The van der Waals surface area contributed by atoms with E-state index in [0.29, 0.717) is 6.29 Å². The first-order valence-electron chi connectivity index (χ1n) is 5.10. The molecule has 0 radical (unpaired) electrons. The Balaban J connectivity index is 0.000000293. The van der Waals surface area contributed by atoms with Gasteiger partial charge in [0.05, 0.1) is 5.56 Å². The molecule has 1 aromatic rings. The Bertz CT molecular complexity index is 303. The van der Waals surface area contributed by atoms with Crippen molar-refractivity contribution in [2.75, 3.05) is 34.2 Å². The van der Waals surface area contributed by atoms with E-state index in [0.717, 1.165) is 13.1 Å². The van der Waals surface area contributed by atoms with Crippen LogP contribution in [0.2, 0.25) is 0 Å². The van der Waals surface area contributed by atoms with Crippen LogP contribution in [-0.4, -0.2) is 45.4 Å². The highest BCUT2D eigenvalue weighted by atomic mass is 19.1. The average molecular weight is 226 g/mol. The van der Waals surface area contributed by atoms with Crippen molar-refractivity contribution in [1.82, 2.24) is 10.2 Å². The molecule has 0 bridgehead atoms. The Morgan fingerprint density at radius 2 is 2.00 bits per heavy atom. The van der Waals surface area contributed by atoms with Crippen molar-refractivity contribution in [1.29, 1.82) is 0 Å². The van der Waals surface area contributed by atoms with Crippen molar-refractivity contribution in [2.24, 2.45) is 0 Å². The van der Waals surface area contributed by atoms with Gasteiger partial charge in [-0.2, -0.15) is 0 Å². The number of likely N-dealkylation sites (N-methyl/N-ethyl adjacent to an activating group) is 2. The van der Waals surface area contributed by atoms with Crippen LogP contribution in [-0.2, 0) is 0 Å². The summed E-state index contributed by atoms with van der Waals surface area (Å²) in [6.45, 7) is 2.20. The average Bonchev–Trinajstić information content (AvgIpc) is 2.28. The van der Waals surface area contributed by atoms with Crippen LogP contribution in [0.3, 0.4) is 0 Å². The molecule has 1 N–H and O–H groups in total. The predicted molar refractivity (Wildman–Crippen MR) is 64.3 cm³/mol. The van der Waals surface area contributed by atoms with Crippen LogP contribution in [0.4, 0.5) is 4.39 Å². The fourth-order valence-corrected chi connectivity index (χ4v) is 0.906. The van der Waals surface area contributed by atoms with Crippen LogP contribution in [0.15, 0.2) is 24.3 Å². The second-order valence-corrected chi connectivity index (χ2v) is 3.55. The fraction of sp³-hybridized carbons (Fsp3) is 0.417. The lowest BCUT2D eigenvalue weighted by atomic mass is 10.2. The van der Waals surface area contributed by atoms with Gasteiger partial charge in [0.15, 0.2) is 6.29 Å². The molecule has 4 heteroatoms. The maximum atomic E-state index is 12.4. The van der Waals surface area contributed by atoms with Gasteiger partial charge in [-0.25, -0.2) is 4.39 Å². The maximum absolute atomic E-state index is 12.4. The van der Waals surface area contributed by atoms with E-state index in [-0.39, 0.29) is 5.56 Å². The number of nitrogens with zero attached hydrogens (tertiary/aromatic N) is 1. The van der Waals surface area contributed by atoms with E-state index in [1.54, 1.807) is 12.1 Å². The molecule has 0 saturated carbocycles. The minimum atomic E-state index is -0.465. The molecule has 16 heavy (non-hydrogen) atoms. The molecule has 0 aliphatic carbocycles. The third kappa shape index (κ3) is 7.09. The number of benzene rings is 1. The summed E-state index contributed by atoms with van der Waals surface area (Å²) in [5, 5.41) is 3.06. The summed E-state index contributed by atoms with van der Waals surface area (Å²) in [5.41, 5.74) is 0.109. The number of carbonyl (C=O) groups is 1. The number of nitrogens with one attached hydrogen (secondary N) is 1. The first-order valence-corrected chi connectivity index (χ1v) is 5.10. The van der Waals surface area contributed by atoms with Crippen LogP contribution in [0.5, 0.6) is 0 Å². The Labute approximate surface area is 96.3 Å². The predicted octanol–water partition coefficient (Wildman–Crippen LogP) is 1.41. The second kappa shape index (κ2) is 9.00. The topological polar surface area (TPSA) is 32.3 Å². The summed E-state index contributed by atoms with van der Waals surface area (Å²) in [6.07, 6.45) is 0.495. The minimum absolute atomic E-state index is 0.109. The van der Waals surface area contributed by atoms with Crippen molar-refractivity contribution in [3.05, 3.63) is 35.6 Å². The molecule has 0 aromatic heterocycles. The van der Waals surface area contributed by atoms with Gasteiger partial charge in [0.25, 0.3) is 0 Å². The van der Waals surface area contributed by atoms with Gasteiger partial charge in [0.1, 0.15) is 5.82 Å². The van der Waals surface area contributed by atoms with Gasteiger partial charge in [-0.05, 0) is 33.3 Å². The van der Waals surface area contributed by atoms with Crippen LogP contribution >= 0.6 is 0 Å². The summed E-state index contributed by atoms with van der Waals surface area (Å²) in [5.74, 6) is -0.465. The largest absolute Gasteiger partial charge is 0.318 e. The highest BCUT2D eigenvalue weighted by molar-refractivity contribution is 5.74. The molecule has 0 heterocycles. The number of halogens is 1. The summed E-state index contributed by atoms with van der Waals surface area (Å²) in [7, 11) is 6.10. The lowest BCUT2D eigenvalue weighted by molar-refractivity contribution is 0.112. The molecular formula is C12H19FN2O. The number of rotatable bonds is 4. The van der Waals surface area contributed by atoms with Crippen LogP contribution in [0.1, 0.15) is 10.4 Å². The smallest absolute Gasteiger partial charge is 0.152 e. The number of hydrogen-bond donors (Lipinski definition) is 1. The van der Waals surface area contributed by atoms with Gasteiger partial charge >= 0.3 is 0 Å². The third-order valence-corrected chi connectivity index (χ3v) is 1.84. The highest BCUT2D eigenvalue weighted by Crippen LogP contribution is 2.01. The Hall–Kier alpha value is -1.26. The van der Waals surface area contributed by atoms with E-state index in [9.17, 15) is 9.18 Å². The van der Waals surface area contributed by atoms with Gasteiger partial charge in [-0.1, -0.05) is 12.1 Å². The second-order valence-electron chi connectivity index (χ2n) is 3.55. The van der Waals surface area contributed by atoms with Crippen molar-refractivity contribution < 1.29 is 9.18 Å². The molecule has 1 rings (SSSR count). The van der Waals surface area contributed by atoms with Crippen molar-refractivity contribution in [3.8, 4) is 0 Å². The zero-order valence-electron chi connectivity index (χ0n) is 10.0. The Morgan fingerprint density at radius 1 is 1.38 bits per heavy atom. The number of aldehydes is 1. The Kier molecular flexibility index (Phi) is 8.29. The van der Waals surface area contributed by atoms with Gasteiger partial charge in [0, 0.05) is 13.1 Å². The van der Waals surface area contributed by atoms with Crippen molar-refractivity contribution in [2.45, 2.75) is 0 Å². The zero-order chi connectivity index (χ0) is 12.4. The van der Waals surface area contributed by atoms with E-state index < -0.39 is 5.82 Å². The SMILES string of the molecule is CNCCN(C)C.O=Cc1ccccc1F. The molecule has 0 unspecified atom stereocenters. The van der Waals surface area contributed by atoms with Crippen LogP contribution in [0, 0.1) is 5.82 Å². The molecule has 0 fully saturated rings. The molecule has 0 saturated heterocycles. The van der Waals surface area contributed by atoms with Crippen LogP contribution < -0.4 is 5.32 Å². The molecule has 0 amide bonds. The fourth-order valence-electron chi connectivity index (χ4n) is 0.906. The van der Waals surface area contributed by atoms with Gasteiger partial charge in [-0.15, -0.1) is 0 Å².